The van der Waals surface area contributed by atoms with Crippen molar-refractivity contribution in [2.75, 3.05) is 6.79 Å². The number of halogens is 1. The van der Waals surface area contributed by atoms with E-state index in [4.69, 9.17) is 9.47 Å². The molecule has 1 atom stereocenters. The van der Waals surface area contributed by atoms with E-state index >= 15 is 0 Å². The molecule has 0 unspecified atom stereocenters. The number of fused-ring (bicyclic) bond motifs is 1. The Labute approximate surface area is 227 Å². The summed E-state index contributed by atoms with van der Waals surface area (Å²) in [5, 5.41) is 3.00. The average Bonchev–Trinajstić information content (AvgIpc) is 3.45. The Morgan fingerprint density at radius 1 is 0.795 bits per heavy atom. The van der Waals surface area contributed by atoms with Crippen molar-refractivity contribution >= 4 is 11.8 Å². The number of carbonyl (C=O) groups is 2. The van der Waals surface area contributed by atoms with E-state index in [9.17, 15) is 14.0 Å². The molecule has 5 rings (SSSR count). The molecule has 0 aromatic heterocycles. The van der Waals surface area contributed by atoms with Crippen LogP contribution in [0.3, 0.4) is 0 Å². The first-order chi connectivity index (χ1) is 19.1. The molecule has 0 spiro atoms. The molecule has 0 saturated heterocycles. The highest BCUT2D eigenvalue weighted by atomic mass is 19.1. The number of hydrogen-bond donors (Lipinski definition) is 1. The second-order valence-corrected chi connectivity index (χ2v) is 9.35. The highest BCUT2D eigenvalue weighted by molar-refractivity contribution is 5.88. The molecule has 39 heavy (non-hydrogen) atoms. The first kappa shape index (κ1) is 26.0. The van der Waals surface area contributed by atoms with Gasteiger partial charge in [-0.2, -0.15) is 0 Å². The summed E-state index contributed by atoms with van der Waals surface area (Å²) in [7, 11) is 0. The Morgan fingerprint density at radius 2 is 1.46 bits per heavy atom. The predicted molar refractivity (Wildman–Crippen MR) is 145 cm³/mol. The molecule has 0 saturated carbocycles. The van der Waals surface area contributed by atoms with E-state index in [2.05, 4.69) is 5.32 Å². The van der Waals surface area contributed by atoms with Crippen molar-refractivity contribution in [3.05, 3.63) is 131 Å². The maximum absolute atomic E-state index is 13.8. The molecule has 4 aromatic carbocycles. The summed E-state index contributed by atoms with van der Waals surface area (Å²) in [6.45, 7) is 0.580. The second-order valence-electron chi connectivity index (χ2n) is 9.35. The van der Waals surface area contributed by atoms with Crippen LogP contribution >= 0.6 is 0 Å². The Bertz CT molecular complexity index is 1410. The van der Waals surface area contributed by atoms with Gasteiger partial charge in [0, 0.05) is 19.5 Å². The van der Waals surface area contributed by atoms with Gasteiger partial charge in [-0.05, 0) is 52.9 Å². The lowest BCUT2D eigenvalue weighted by molar-refractivity contribution is -0.141. The minimum absolute atomic E-state index is 0.158. The number of nitrogens with zero attached hydrogens (tertiary/aromatic N) is 1. The van der Waals surface area contributed by atoms with Crippen LogP contribution in [0.15, 0.2) is 103 Å². The smallest absolute Gasteiger partial charge is 0.247 e. The summed E-state index contributed by atoms with van der Waals surface area (Å²) in [6.07, 6.45) is 0.768. The molecular formula is C32H29FN2O4. The molecule has 1 N–H and O–H groups in total. The zero-order chi connectivity index (χ0) is 27.0. The fourth-order valence-corrected chi connectivity index (χ4v) is 4.59. The Balaban J connectivity index is 1.41. The summed E-state index contributed by atoms with van der Waals surface area (Å²) >= 11 is 0. The molecular weight excluding hydrogens is 495 g/mol. The summed E-state index contributed by atoms with van der Waals surface area (Å²) in [5.74, 6) is 0.461. The van der Waals surface area contributed by atoms with Gasteiger partial charge in [0.05, 0.1) is 0 Å². The van der Waals surface area contributed by atoms with E-state index in [0.29, 0.717) is 23.5 Å². The van der Waals surface area contributed by atoms with Crippen LogP contribution in [0.4, 0.5) is 4.39 Å². The van der Waals surface area contributed by atoms with Gasteiger partial charge in [0.1, 0.15) is 11.9 Å². The van der Waals surface area contributed by atoms with Crippen LogP contribution in [0, 0.1) is 5.82 Å². The van der Waals surface area contributed by atoms with E-state index in [1.165, 1.54) is 12.1 Å². The molecule has 1 aliphatic rings. The molecule has 0 aliphatic carbocycles. The zero-order valence-electron chi connectivity index (χ0n) is 21.4. The van der Waals surface area contributed by atoms with Crippen LogP contribution in [0.1, 0.15) is 34.7 Å². The molecule has 0 radical (unpaired) electrons. The van der Waals surface area contributed by atoms with E-state index in [0.717, 1.165) is 16.7 Å². The van der Waals surface area contributed by atoms with E-state index < -0.39 is 6.04 Å². The lowest BCUT2D eigenvalue weighted by Crippen LogP contribution is -2.43. The van der Waals surface area contributed by atoms with Crippen LogP contribution in [0.5, 0.6) is 11.5 Å². The van der Waals surface area contributed by atoms with Crippen LogP contribution < -0.4 is 14.8 Å². The van der Waals surface area contributed by atoms with Gasteiger partial charge in [-0.15, -0.1) is 0 Å². The third-order valence-electron chi connectivity index (χ3n) is 6.64. The van der Waals surface area contributed by atoms with Gasteiger partial charge in [-0.25, -0.2) is 4.39 Å². The van der Waals surface area contributed by atoms with Gasteiger partial charge >= 0.3 is 0 Å². The van der Waals surface area contributed by atoms with Gasteiger partial charge in [-0.1, -0.05) is 78.9 Å². The minimum atomic E-state index is -0.881. The summed E-state index contributed by atoms with van der Waals surface area (Å²) in [6, 6.07) is 29.6. The SMILES string of the molecule is O=C(NCc1ccc2c(c1)OCO2)[C@@H](c1ccccc1)N(Cc1ccc(F)cc1)C(=O)CCc1ccccc1. The van der Waals surface area contributed by atoms with Crippen molar-refractivity contribution in [2.45, 2.75) is 32.0 Å². The monoisotopic (exact) mass is 524 g/mol. The summed E-state index contributed by atoms with van der Waals surface area (Å²) in [5.41, 5.74) is 3.31. The largest absolute Gasteiger partial charge is 0.454 e. The quantitative estimate of drug-likeness (QED) is 0.294. The third kappa shape index (κ3) is 6.62. The predicted octanol–water partition coefficient (Wildman–Crippen LogP) is 5.57. The number of nitrogens with one attached hydrogen (secondary N) is 1. The number of rotatable bonds is 10. The maximum Gasteiger partial charge on any atom is 0.247 e. The Morgan fingerprint density at radius 3 is 2.21 bits per heavy atom. The lowest BCUT2D eigenvalue weighted by Gasteiger charge is -2.32. The van der Waals surface area contributed by atoms with Gasteiger partial charge in [0.2, 0.25) is 18.6 Å². The minimum Gasteiger partial charge on any atom is -0.454 e. The maximum atomic E-state index is 13.8. The molecule has 1 heterocycles. The molecule has 6 nitrogen and oxygen atoms in total. The zero-order valence-corrected chi connectivity index (χ0v) is 21.4. The summed E-state index contributed by atoms with van der Waals surface area (Å²) in [4.78, 5) is 29.1. The van der Waals surface area contributed by atoms with E-state index in [-0.39, 0.29) is 43.9 Å². The van der Waals surface area contributed by atoms with Crippen molar-refractivity contribution in [3.8, 4) is 11.5 Å². The van der Waals surface area contributed by atoms with Gasteiger partial charge in [0.15, 0.2) is 11.5 Å². The highest BCUT2D eigenvalue weighted by Crippen LogP contribution is 2.32. The van der Waals surface area contributed by atoms with Crippen molar-refractivity contribution in [3.63, 3.8) is 0 Å². The topological polar surface area (TPSA) is 67.9 Å². The van der Waals surface area contributed by atoms with Gasteiger partial charge in [-0.3, -0.25) is 9.59 Å². The number of hydrogen-bond acceptors (Lipinski definition) is 4. The van der Waals surface area contributed by atoms with Crippen LogP contribution in [-0.2, 0) is 29.1 Å². The van der Waals surface area contributed by atoms with Crippen molar-refractivity contribution in [2.24, 2.45) is 0 Å². The van der Waals surface area contributed by atoms with Crippen molar-refractivity contribution in [1.82, 2.24) is 10.2 Å². The van der Waals surface area contributed by atoms with Gasteiger partial charge < -0.3 is 19.7 Å². The molecule has 4 aromatic rings. The van der Waals surface area contributed by atoms with Crippen molar-refractivity contribution < 1.29 is 23.5 Å². The fraction of sp³-hybridized carbons (Fsp3) is 0.188. The molecule has 7 heteroatoms. The van der Waals surface area contributed by atoms with Crippen molar-refractivity contribution in [1.29, 1.82) is 0 Å². The Kier molecular flexibility index (Phi) is 8.17. The van der Waals surface area contributed by atoms with Crippen LogP contribution in [0.25, 0.3) is 0 Å². The highest BCUT2D eigenvalue weighted by Gasteiger charge is 2.31. The average molecular weight is 525 g/mol. The van der Waals surface area contributed by atoms with E-state index in [1.54, 1.807) is 17.0 Å². The standard InChI is InChI=1S/C32H29FN2O4/c33-27-15-11-24(12-16-27)21-35(30(36)18-14-23-7-3-1-4-8-23)31(26-9-5-2-6-10-26)32(37)34-20-25-13-17-28-29(19-25)39-22-38-28/h1-13,15-17,19,31H,14,18,20-22H2,(H,34,37)/t31-/m1/s1. The number of carbonyl (C=O) groups excluding carboxylic acids is 2. The third-order valence-corrected chi connectivity index (χ3v) is 6.64. The molecule has 198 valence electrons. The molecule has 0 fully saturated rings. The summed E-state index contributed by atoms with van der Waals surface area (Å²) < 4.78 is 24.5. The van der Waals surface area contributed by atoms with Crippen LogP contribution in [0.2, 0.25) is 0 Å². The van der Waals surface area contributed by atoms with Gasteiger partial charge in [0.25, 0.3) is 0 Å². The lowest BCUT2D eigenvalue weighted by atomic mass is 10.0. The second kappa shape index (κ2) is 12.3. The number of aryl methyl sites for hydroxylation is 1. The molecule has 1 aliphatic heterocycles. The van der Waals surface area contributed by atoms with Crippen LogP contribution in [-0.4, -0.2) is 23.5 Å². The van der Waals surface area contributed by atoms with E-state index in [1.807, 2.05) is 78.9 Å². The normalized spacial score (nSPS) is 12.5. The first-order valence-electron chi connectivity index (χ1n) is 12.9. The fourth-order valence-electron chi connectivity index (χ4n) is 4.59. The molecule has 2 amide bonds. The number of benzene rings is 4. The number of amides is 2. The molecule has 0 bridgehead atoms. The first-order valence-corrected chi connectivity index (χ1v) is 12.9. The number of ether oxygens (including phenoxy) is 2. The Hall–Kier alpha value is -4.65.